The van der Waals surface area contributed by atoms with Gasteiger partial charge in [-0.05, 0) is 43.5 Å². The van der Waals surface area contributed by atoms with E-state index in [2.05, 4.69) is 10.6 Å². The average molecular weight is 358 g/mol. The summed E-state index contributed by atoms with van der Waals surface area (Å²) in [7, 11) is 0. The van der Waals surface area contributed by atoms with E-state index in [9.17, 15) is 9.59 Å². The number of nitrogens with one attached hydrogen (secondary N) is 2. The molecule has 0 saturated heterocycles. The molecule has 1 fully saturated rings. The first-order valence-electron chi connectivity index (χ1n) is 8.22. The highest BCUT2D eigenvalue weighted by Gasteiger charge is 2.30. The van der Waals surface area contributed by atoms with Crippen molar-refractivity contribution in [3.8, 4) is 11.5 Å². The molecule has 1 aromatic carbocycles. The molecule has 25 heavy (non-hydrogen) atoms. The summed E-state index contributed by atoms with van der Waals surface area (Å²) in [6.45, 7) is 2.89. The van der Waals surface area contributed by atoms with Crippen LogP contribution in [0.2, 0.25) is 0 Å². The minimum absolute atomic E-state index is 0.0417. The molecule has 1 saturated carbocycles. The van der Waals surface area contributed by atoms with Gasteiger partial charge in [0, 0.05) is 17.7 Å². The van der Waals surface area contributed by atoms with Gasteiger partial charge in [0.1, 0.15) is 13.2 Å². The first kappa shape index (κ1) is 16.0. The van der Waals surface area contributed by atoms with Gasteiger partial charge in [-0.1, -0.05) is 0 Å². The largest absolute Gasteiger partial charge is 0.486 e. The van der Waals surface area contributed by atoms with Gasteiger partial charge in [0.05, 0.1) is 9.88 Å². The Bertz CT molecular complexity index is 842. The van der Waals surface area contributed by atoms with Crippen molar-refractivity contribution in [2.24, 2.45) is 5.92 Å². The third-order valence-corrected chi connectivity index (χ3v) is 5.27. The zero-order valence-electron chi connectivity index (χ0n) is 13.8. The summed E-state index contributed by atoms with van der Waals surface area (Å²) >= 11 is 1.29. The van der Waals surface area contributed by atoms with Crippen LogP contribution >= 0.6 is 11.3 Å². The van der Waals surface area contributed by atoms with Gasteiger partial charge in [0.2, 0.25) is 5.91 Å². The second-order valence-corrected chi connectivity index (χ2v) is 7.25. The van der Waals surface area contributed by atoms with Gasteiger partial charge < -0.3 is 20.1 Å². The number of anilines is 2. The zero-order valence-corrected chi connectivity index (χ0v) is 14.6. The lowest BCUT2D eigenvalue weighted by atomic mass is 10.2. The quantitative estimate of drug-likeness (QED) is 0.878. The maximum Gasteiger partial charge on any atom is 0.266 e. The van der Waals surface area contributed by atoms with Crippen LogP contribution < -0.4 is 20.1 Å². The Kier molecular flexibility index (Phi) is 4.09. The Morgan fingerprint density at radius 2 is 1.84 bits per heavy atom. The van der Waals surface area contributed by atoms with Crippen LogP contribution in [-0.4, -0.2) is 25.0 Å². The molecule has 2 N–H and O–H groups in total. The predicted molar refractivity (Wildman–Crippen MR) is 95.8 cm³/mol. The maximum absolute atomic E-state index is 12.6. The Labute approximate surface area is 149 Å². The van der Waals surface area contributed by atoms with Gasteiger partial charge in [-0.25, -0.2) is 0 Å². The molecule has 0 spiro atoms. The molecule has 2 amide bonds. The number of ether oxygens (including phenoxy) is 2. The van der Waals surface area contributed by atoms with E-state index >= 15 is 0 Å². The van der Waals surface area contributed by atoms with E-state index in [1.54, 1.807) is 18.2 Å². The second-order valence-electron chi connectivity index (χ2n) is 6.20. The van der Waals surface area contributed by atoms with Gasteiger partial charge >= 0.3 is 0 Å². The molecular formula is C18H18N2O4S. The van der Waals surface area contributed by atoms with Crippen molar-refractivity contribution in [3.05, 3.63) is 34.7 Å². The monoisotopic (exact) mass is 358 g/mol. The van der Waals surface area contributed by atoms with Gasteiger partial charge in [-0.15, -0.1) is 11.3 Å². The Balaban J connectivity index is 1.47. The minimum atomic E-state index is -0.203. The van der Waals surface area contributed by atoms with Crippen LogP contribution in [0.4, 0.5) is 10.7 Å². The van der Waals surface area contributed by atoms with Crippen molar-refractivity contribution in [2.75, 3.05) is 23.8 Å². The third kappa shape index (κ3) is 3.46. The number of aryl methyl sites for hydroxylation is 1. The maximum atomic E-state index is 12.6. The smallest absolute Gasteiger partial charge is 0.266 e. The van der Waals surface area contributed by atoms with Crippen molar-refractivity contribution < 1.29 is 19.1 Å². The molecule has 1 aliphatic heterocycles. The summed E-state index contributed by atoms with van der Waals surface area (Å²) in [5.41, 5.74) is 1.48. The van der Waals surface area contributed by atoms with Crippen molar-refractivity contribution in [1.82, 2.24) is 0 Å². The van der Waals surface area contributed by atoms with Crippen LogP contribution in [0.25, 0.3) is 0 Å². The number of amides is 2. The topological polar surface area (TPSA) is 76.7 Å². The third-order valence-electron chi connectivity index (χ3n) is 4.12. The van der Waals surface area contributed by atoms with Crippen molar-refractivity contribution in [3.63, 3.8) is 0 Å². The summed E-state index contributed by atoms with van der Waals surface area (Å²) in [6.07, 6.45) is 1.90. The summed E-state index contributed by atoms with van der Waals surface area (Å²) < 4.78 is 11.0. The minimum Gasteiger partial charge on any atom is -0.486 e. The lowest BCUT2D eigenvalue weighted by Crippen LogP contribution is -2.16. The number of benzene rings is 1. The second kappa shape index (κ2) is 6.40. The molecule has 1 aliphatic carbocycles. The summed E-state index contributed by atoms with van der Waals surface area (Å²) in [6, 6.07) is 7.16. The highest BCUT2D eigenvalue weighted by molar-refractivity contribution is 7.18. The number of carbonyl (C=O) groups excluding carboxylic acids is 2. The average Bonchev–Trinajstić information content (AvgIpc) is 3.39. The van der Waals surface area contributed by atoms with E-state index in [1.165, 1.54) is 11.3 Å². The number of rotatable bonds is 4. The van der Waals surface area contributed by atoms with Crippen LogP contribution in [-0.2, 0) is 4.79 Å². The number of thiophene rings is 1. The number of carbonyl (C=O) groups is 2. The van der Waals surface area contributed by atoms with E-state index in [1.807, 2.05) is 13.0 Å². The van der Waals surface area contributed by atoms with Crippen molar-refractivity contribution >= 4 is 33.8 Å². The zero-order chi connectivity index (χ0) is 17.4. The van der Waals surface area contributed by atoms with Gasteiger partial charge in [-0.3, -0.25) is 9.59 Å². The molecular weight excluding hydrogens is 340 g/mol. The summed E-state index contributed by atoms with van der Waals surface area (Å²) in [4.78, 5) is 25.0. The SMILES string of the molecule is Cc1cc(NC(=O)C2CC2)sc1C(=O)Nc1ccc2c(c1)OCCO2. The summed E-state index contributed by atoms with van der Waals surface area (Å²) in [5.74, 6) is 1.29. The molecule has 1 aromatic heterocycles. The van der Waals surface area contributed by atoms with Crippen molar-refractivity contribution in [2.45, 2.75) is 19.8 Å². The highest BCUT2D eigenvalue weighted by atomic mass is 32.1. The van der Waals surface area contributed by atoms with E-state index in [-0.39, 0.29) is 17.7 Å². The first-order valence-corrected chi connectivity index (χ1v) is 9.04. The Morgan fingerprint density at radius 3 is 2.60 bits per heavy atom. The Hall–Kier alpha value is -2.54. The fraction of sp³-hybridized carbons (Fsp3) is 0.333. The molecule has 4 rings (SSSR count). The van der Waals surface area contributed by atoms with Gasteiger partial charge in [0.25, 0.3) is 5.91 Å². The number of fused-ring (bicyclic) bond motifs is 1. The van der Waals surface area contributed by atoms with Gasteiger partial charge in [-0.2, -0.15) is 0 Å². The molecule has 0 atom stereocenters. The standard InChI is InChI=1S/C18H18N2O4S/c1-10-8-15(20-17(21)11-2-3-11)25-16(10)18(22)19-12-4-5-13-14(9-12)24-7-6-23-13/h4-5,8-9,11H,2-3,6-7H2,1H3,(H,19,22)(H,20,21). The predicted octanol–water partition coefficient (Wildman–Crippen LogP) is 3.43. The van der Waals surface area contributed by atoms with E-state index in [4.69, 9.17) is 9.47 Å². The molecule has 2 aliphatic rings. The summed E-state index contributed by atoms with van der Waals surface area (Å²) in [5, 5.41) is 6.47. The molecule has 2 heterocycles. The molecule has 2 aromatic rings. The number of hydrogen-bond acceptors (Lipinski definition) is 5. The number of hydrogen-bond donors (Lipinski definition) is 2. The molecule has 6 nitrogen and oxygen atoms in total. The lowest BCUT2D eigenvalue weighted by molar-refractivity contribution is -0.117. The molecule has 130 valence electrons. The van der Waals surface area contributed by atoms with E-state index in [0.29, 0.717) is 40.3 Å². The normalized spacial score (nSPS) is 15.6. The van der Waals surface area contributed by atoms with Crippen LogP contribution in [0.15, 0.2) is 24.3 Å². The Morgan fingerprint density at radius 1 is 1.08 bits per heavy atom. The van der Waals surface area contributed by atoms with Crippen LogP contribution in [0.1, 0.15) is 28.1 Å². The van der Waals surface area contributed by atoms with E-state index < -0.39 is 0 Å². The van der Waals surface area contributed by atoms with E-state index in [0.717, 1.165) is 18.4 Å². The lowest BCUT2D eigenvalue weighted by Gasteiger charge is -2.18. The fourth-order valence-electron chi connectivity index (χ4n) is 2.65. The first-order chi connectivity index (χ1) is 12.1. The van der Waals surface area contributed by atoms with Crippen LogP contribution in [0, 0.1) is 12.8 Å². The fourth-order valence-corrected chi connectivity index (χ4v) is 3.62. The molecule has 0 unspecified atom stereocenters. The highest BCUT2D eigenvalue weighted by Crippen LogP contribution is 2.34. The van der Waals surface area contributed by atoms with Crippen LogP contribution in [0.5, 0.6) is 11.5 Å². The van der Waals surface area contributed by atoms with Crippen molar-refractivity contribution in [1.29, 1.82) is 0 Å². The molecule has 0 radical (unpaired) electrons. The van der Waals surface area contributed by atoms with Crippen LogP contribution in [0.3, 0.4) is 0 Å². The molecule has 7 heteroatoms. The van der Waals surface area contributed by atoms with Gasteiger partial charge in [0.15, 0.2) is 11.5 Å². The molecule has 0 bridgehead atoms.